The number of nitriles is 1. The quantitative estimate of drug-likeness (QED) is 0.691. The minimum atomic E-state index is -0.231. The van der Waals surface area contributed by atoms with Gasteiger partial charge in [-0.1, -0.05) is 19.9 Å². The lowest BCUT2D eigenvalue weighted by atomic mass is 9.80. The minimum Gasteiger partial charge on any atom is -0.363 e. The molecule has 3 rings (SSSR count). The average Bonchev–Trinajstić information content (AvgIpc) is 2.74. The van der Waals surface area contributed by atoms with Gasteiger partial charge in [0.25, 0.3) is 5.91 Å². The number of nitrogens with zero attached hydrogens (tertiary/aromatic N) is 3. The SMILES string of the molecule is CCC1C(C)C(Nc2cccc(C)n2)c2cc(C(=O)NCCC#N)ccc2N1C(C)=O. The first-order chi connectivity index (χ1) is 14.9. The molecule has 3 atom stereocenters. The Bertz CT molecular complexity index is 1010. The molecule has 2 N–H and O–H groups in total. The zero-order chi connectivity index (χ0) is 22.5. The van der Waals surface area contributed by atoms with Crippen molar-refractivity contribution in [2.24, 2.45) is 5.92 Å². The van der Waals surface area contributed by atoms with Crippen LogP contribution >= 0.6 is 0 Å². The van der Waals surface area contributed by atoms with Gasteiger partial charge in [0, 0.05) is 42.4 Å². The number of nitrogens with one attached hydrogen (secondary N) is 2. The van der Waals surface area contributed by atoms with Gasteiger partial charge in [-0.3, -0.25) is 9.59 Å². The number of pyridine rings is 1. The van der Waals surface area contributed by atoms with Crippen molar-refractivity contribution in [3.63, 3.8) is 0 Å². The highest BCUT2D eigenvalue weighted by atomic mass is 16.2. The topological polar surface area (TPSA) is 98.1 Å². The van der Waals surface area contributed by atoms with Crippen molar-refractivity contribution in [1.29, 1.82) is 5.26 Å². The Morgan fingerprint density at radius 1 is 1.26 bits per heavy atom. The number of carbonyl (C=O) groups is 2. The molecule has 3 unspecified atom stereocenters. The standard InChI is InChI=1S/C24H29N5O2/c1-5-20-16(3)23(28-22-9-6-8-15(2)27-22)19-14-18(24(31)26-13-7-12-25)10-11-21(19)29(20)17(4)30/h6,8-11,14,16,20,23H,5,7,13H2,1-4H3,(H,26,31)(H,27,28). The van der Waals surface area contributed by atoms with E-state index in [0.29, 0.717) is 12.1 Å². The van der Waals surface area contributed by atoms with E-state index in [0.717, 1.165) is 29.2 Å². The van der Waals surface area contributed by atoms with E-state index in [1.54, 1.807) is 13.0 Å². The molecule has 7 nitrogen and oxygen atoms in total. The van der Waals surface area contributed by atoms with Crippen LogP contribution in [0.2, 0.25) is 0 Å². The Hall–Kier alpha value is -3.40. The smallest absolute Gasteiger partial charge is 0.251 e. The highest BCUT2D eigenvalue weighted by molar-refractivity contribution is 5.98. The number of amides is 2. The predicted molar refractivity (Wildman–Crippen MR) is 121 cm³/mol. The average molecular weight is 420 g/mol. The molecule has 1 aromatic heterocycles. The number of rotatable bonds is 6. The van der Waals surface area contributed by atoms with E-state index in [1.165, 1.54) is 0 Å². The minimum absolute atomic E-state index is 0.0155. The second-order valence-corrected chi connectivity index (χ2v) is 7.95. The van der Waals surface area contributed by atoms with Crippen LogP contribution in [0.5, 0.6) is 0 Å². The lowest BCUT2D eigenvalue weighted by Gasteiger charge is -2.45. The molecule has 0 radical (unpaired) electrons. The summed E-state index contributed by atoms with van der Waals surface area (Å²) in [6.07, 6.45) is 1.07. The molecule has 7 heteroatoms. The molecule has 1 aliphatic rings. The van der Waals surface area contributed by atoms with E-state index in [-0.39, 0.29) is 36.2 Å². The van der Waals surface area contributed by atoms with Gasteiger partial charge in [-0.2, -0.15) is 5.26 Å². The summed E-state index contributed by atoms with van der Waals surface area (Å²) in [5.74, 6) is 0.613. The first-order valence-electron chi connectivity index (χ1n) is 10.7. The molecular formula is C24H29N5O2. The van der Waals surface area contributed by atoms with Crippen molar-refractivity contribution < 1.29 is 9.59 Å². The molecular weight excluding hydrogens is 390 g/mol. The van der Waals surface area contributed by atoms with Crippen molar-refractivity contribution in [3.8, 4) is 6.07 Å². The van der Waals surface area contributed by atoms with E-state index in [4.69, 9.17) is 5.26 Å². The lowest BCUT2D eigenvalue weighted by Crippen LogP contribution is -2.49. The number of hydrogen-bond acceptors (Lipinski definition) is 5. The maximum Gasteiger partial charge on any atom is 0.251 e. The van der Waals surface area contributed by atoms with E-state index in [9.17, 15) is 9.59 Å². The van der Waals surface area contributed by atoms with E-state index in [1.807, 2.05) is 48.2 Å². The van der Waals surface area contributed by atoms with Gasteiger partial charge >= 0.3 is 0 Å². The van der Waals surface area contributed by atoms with Crippen LogP contribution < -0.4 is 15.5 Å². The molecule has 31 heavy (non-hydrogen) atoms. The van der Waals surface area contributed by atoms with Crippen LogP contribution in [-0.2, 0) is 4.79 Å². The summed E-state index contributed by atoms with van der Waals surface area (Å²) >= 11 is 0. The number of carbonyl (C=O) groups excluding carboxylic acids is 2. The molecule has 2 heterocycles. The number of anilines is 2. The predicted octanol–water partition coefficient (Wildman–Crippen LogP) is 3.97. The maximum atomic E-state index is 12.6. The fraction of sp³-hybridized carbons (Fsp3) is 0.417. The summed E-state index contributed by atoms with van der Waals surface area (Å²) in [6, 6.07) is 13.2. The van der Waals surface area contributed by atoms with E-state index in [2.05, 4.69) is 29.5 Å². The molecule has 2 aromatic rings. The second kappa shape index (κ2) is 9.61. The van der Waals surface area contributed by atoms with Crippen LogP contribution in [0, 0.1) is 24.2 Å². The summed E-state index contributed by atoms with van der Waals surface area (Å²) in [6.45, 7) is 8.04. The van der Waals surface area contributed by atoms with Gasteiger partial charge in [-0.15, -0.1) is 0 Å². The first kappa shape index (κ1) is 22.3. The van der Waals surface area contributed by atoms with Crippen molar-refractivity contribution in [3.05, 3.63) is 53.2 Å². The Balaban J connectivity index is 2.05. The molecule has 0 aliphatic carbocycles. The number of hydrogen-bond donors (Lipinski definition) is 2. The fourth-order valence-corrected chi connectivity index (χ4v) is 4.37. The lowest BCUT2D eigenvalue weighted by molar-refractivity contribution is -0.117. The highest BCUT2D eigenvalue weighted by Gasteiger charge is 2.40. The summed E-state index contributed by atoms with van der Waals surface area (Å²) in [7, 11) is 0. The van der Waals surface area contributed by atoms with Gasteiger partial charge in [-0.05, 0) is 49.2 Å². The largest absolute Gasteiger partial charge is 0.363 e. The normalized spacial score (nSPS) is 19.8. The van der Waals surface area contributed by atoms with Gasteiger partial charge in [0.15, 0.2) is 0 Å². The molecule has 162 valence electrons. The molecule has 0 bridgehead atoms. The van der Waals surface area contributed by atoms with Gasteiger partial charge in [-0.25, -0.2) is 4.98 Å². The third-order valence-electron chi connectivity index (χ3n) is 5.82. The van der Waals surface area contributed by atoms with Crippen LogP contribution in [0.1, 0.15) is 61.3 Å². The van der Waals surface area contributed by atoms with Gasteiger partial charge < -0.3 is 15.5 Å². The monoisotopic (exact) mass is 419 g/mol. The molecule has 2 amide bonds. The van der Waals surface area contributed by atoms with Gasteiger partial charge in [0.2, 0.25) is 5.91 Å². The number of fused-ring (bicyclic) bond motifs is 1. The third-order valence-corrected chi connectivity index (χ3v) is 5.82. The van der Waals surface area contributed by atoms with Crippen LogP contribution in [-0.4, -0.2) is 29.4 Å². The first-order valence-corrected chi connectivity index (χ1v) is 10.7. The molecule has 0 saturated carbocycles. The van der Waals surface area contributed by atoms with Crippen molar-refractivity contribution in [1.82, 2.24) is 10.3 Å². The maximum absolute atomic E-state index is 12.6. The molecule has 1 aromatic carbocycles. The third kappa shape index (κ3) is 4.69. The molecule has 0 saturated heterocycles. The summed E-state index contributed by atoms with van der Waals surface area (Å²) in [4.78, 5) is 31.6. The molecule has 0 fully saturated rings. The Kier molecular flexibility index (Phi) is 6.91. The Morgan fingerprint density at radius 3 is 2.68 bits per heavy atom. The van der Waals surface area contributed by atoms with Crippen LogP contribution in [0.4, 0.5) is 11.5 Å². The van der Waals surface area contributed by atoms with Crippen molar-refractivity contribution in [2.45, 2.75) is 52.6 Å². The van der Waals surface area contributed by atoms with Crippen LogP contribution in [0.15, 0.2) is 36.4 Å². The van der Waals surface area contributed by atoms with Gasteiger partial charge in [0.1, 0.15) is 5.82 Å². The number of benzene rings is 1. The Labute approximate surface area is 183 Å². The van der Waals surface area contributed by atoms with E-state index < -0.39 is 0 Å². The fourth-order valence-electron chi connectivity index (χ4n) is 4.37. The van der Waals surface area contributed by atoms with Crippen LogP contribution in [0.25, 0.3) is 0 Å². The number of aromatic nitrogens is 1. The Morgan fingerprint density at radius 2 is 2.03 bits per heavy atom. The van der Waals surface area contributed by atoms with Gasteiger partial charge in [0.05, 0.1) is 18.5 Å². The van der Waals surface area contributed by atoms with Crippen molar-refractivity contribution in [2.75, 3.05) is 16.8 Å². The molecule has 1 aliphatic heterocycles. The van der Waals surface area contributed by atoms with Crippen LogP contribution in [0.3, 0.4) is 0 Å². The number of aryl methyl sites for hydroxylation is 1. The summed E-state index contributed by atoms with van der Waals surface area (Å²) in [5, 5.41) is 15.0. The highest BCUT2D eigenvalue weighted by Crippen LogP contribution is 2.43. The summed E-state index contributed by atoms with van der Waals surface area (Å²) < 4.78 is 0. The summed E-state index contributed by atoms with van der Waals surface area (Å²) in [5.41, 5.74) is 3.13. The second-order valence-electron chi connectivity index (χ2n) is 7.95. The van der Waals surface area contributed by atoms with Crippen molar-refractivity contribution >= 4 is 23.3 Å². The zero-order valence-electron chi connectivity index (χ0n) is 18.5. The zero-order valence-corrected chi connectivity index (χ0v) is 18.5. The van der Waals surface area contributed by atoms with E-state index >= 15 is 0 Å². The molecule has 0 spiro atoms.